The van der Waals surface area contributed by atoms with Crippen molar-refractivity contribution in [2.24, 2.45) is 0 Å². The number of hydrogen-bond donors (Lipinski definition) is 2. The van der Waals surface area contributed by atoms with Crippen molar-refractivity contribution in [1.82, 2.24) is 4.90 Å². The van der Waals surface area contributed by atoms with Crippen LogP contribution in [0.1, 0.15) is 23.2 Å². The Bertz CT molecular complexity index is 451. The van der Waals surface area contributed by atoms with Crippen molar-refractivity contribution >= 4 is 11.7 Å². The van der Waals surface area contributed by atoms with Gasteiger partial charge in [-0.3, -0.25) is 0 Å². The van der Waals surface area contributed by atoms with Crippen LogP contribution in [0.3, 0.4) is 0 Å². The van der Waals surface area contributed by atoms with Crippen LogP contribution in [0.15, 0.2) is 12.1 Å². The number of carboxylic acids is 1. The number of nitrogens with one attached hydrogen (secondary N) is 1. The molecule has 2 N–H and O–H groups in total. The van der Waals surface area contributed by atoms with Crippen LogP contribution in [0, 0.1) is 11.6 Å². The van der Waals surface area contributed by atoms with E-state index in [1.165, 1.54) is 6.07 Å². The molecule has 4 nitrogen and oxygen atoms in total. The van der Waals surface area contributed by atoms with Crippen molar-refractivity contribution in [1.29, 1.82) is 0 Å². The minimum Gasteiger partial charge on any atom is -0.478 e. The van der Waals surface area contributed by atoms with Gasteiger partial charge in [-0.2, -0.15) is 0 Å². The predicted molar refractivity (Wildman–Crippen MR) is 69.6 cm³/mol. The summed E-state index contributed by atoms with van der Waals surface area (Å²) in [4.78, 5) is 12.7. The highest BCUT2D eigenvalue weighted by molar-refractivity contribution is 5.88. The second-order valence-corrected chi connectivity index (χ2v) is 4.53. The first-order chi connectivity index (χ1) is 8.93. The molecule has 1 aromatic rings. The SMILES string of the molecule is CN(C)CCCCNc1ccc(C(=O)O)c(F)c1F. The molecule has 0 fully saturated rings. The van der Waals surface area contributed by atoms with E-state index >= 15 is 0 Å². The van der Waals surface area contributed by atoms with Crippen LogP contribution in [-0.2, 0) is 0 Å². The third-order valence-electron chi connectivity index (χ3n) is 2.66. The fourth-order valence-electron chi connectivity index (χ4n) is 1.63. The number of anilines is 1. The molecule has 1 aromatic carbocycles. The van der Waals surface area contributed by atoms with Crippen LogP contribution in [0.5, 0.6) is 0 Å². The second-order valence-electron chi connectivity index (χ2n) is 4.53. The minimum absolute atomic E-state index is 0.00708. The molecule has 0 saturated carbocycles. The Morgan fingerprint density at radius 3 is 2.53 bits per heavy atom. The minimum atomic E-state index is -1.48. The maximum Gasteiger partial charge on any atom is 0.338 e. The van der Waals surface area contributed by atoms with Crippen LogP contribution in [-0.4, -0.2) is 43.2 Å². The molecule has 0 unspecified atom stereocenters. The molecular formula is C13H18F2N2O2. The highest BCUT2D eigenvalue weighted by Gasteiger charge is 2.17. The topological polar surface area (TPSA) is 52.6 Å². The van der Waals surface area contributed by atoms with Crippen LogP contribution >= 0.6 is 0 Å². The van der Waals surface area contributed by atoms with E-state index in [1.807, 2.05) is 19.0 Å². The number of unbranched alkanes of at least 4 members (excludes halogenated alkanes) is 1. The number of aromatic carboxylic acids is 1. The second kappa shape index (κ2) is 7.04. The lowest BCUT2D eigenvalue weighted by Crippen LogP contribution is -2.14. The first kappa shape index (κ1) is 15.4. The lowest BCUT2D eigenvalue weighted by molar-refractivity contribution is 0.0690. The average Bonchev–Trinajstić information content (AvgIpc) is 2.33. The van der Waals surface area contributed by atoms with Crippen LogP contribution in [0.25, 0.3) is 0 Å². The first-order valence-electron chi connectivity index (χ1n) is 6.03. The van der Waals surface area contributed by atoms with Crippen LogP contribution < -0.4 is 5.32 Å². The Kier molecular flexibility index (Phi) is 5.69. The number of hydrogen-bond acceptors (Lipinski definition) is 3. The quantitative estimate of drug-likeness (QED) is 0.748. The first-order valence-corrected chi connectivity index (χ1v) is 6.03. The summed E-state index contributed by atoms with van der Waals surface area (Å²) in [7, 11) is 3.93. The molecule has 6 heteroatoms. The molecule has 0 aromatic heterocycles. The predicted octanol–water partition coefficient (Wildman–Crippen LogP) is 2.42. The number of halogens is 2. The molecule has 0 aliphatic carbocycles. The van der Waals surface area contributed by atoms with Gasteiger partial charge in [0.25, 0.3) is 0 Å². The van der Waals surface area contributed by atoms with Gasteiger partial charge in [0.2, 0.25) is 0 Å². The van der Waals surface area contributed by atoms with E-state index < -0.39 is 23.2 Å². The number of rotatable bonds is 7. The molecule has 0 amide bonds. The molecule has 0 atom stereocenters. The van der Waals surface area contributed by atoms with Crippen molar-refractivity contribution in [3.05, 3.63) is 29.3 Å². The van der Waals surface area contributed by atoms with Crippen molar-refractivity contribution < 1.29 is 18.7 Å². The van der Waals surface area contributed by atoms with Gasteiger partial charge in [0.15, 0.2) is 11.6 Å². The van der Waals surface area contributed by atoms with Gasteiger partial charge in [0.1, 0.15) is 0 Å². The lowest BCUT2D eigenvalue weighted by atomic mass is 10.1. The summed E-state index contributed by atoms with van der Waals surface area (Å²) >= 11 is 0. The molecule has 0 bridgehead atoms. The Balaban J connectivity index is 2.56. The van der Waals surface area contributed by atoms with Gasteiger partial charge in [-0.25, -0.2) is 13.6 Å². The molecule has 106 valence electrons. The summed E-state index contributed by atoms with van der Waals surface area (Å²) in [6.45, 7) is 1.44. The number of carbonyl (C=O) groups is 1. The molecule has 0 spiro atoms. The van der Waals surface area contributed by atoms with E-state index in [0.717, 1.165) is 25.5 Å². The molecule has 1 rings (SSSR count). The Labute approximate surface area is 111 Å². The van der Waals surface area contributed by atoms with Crippen molar-refractivity contribution in [3.63, 3.8) is 0 Å². The average molecular weight is 272 g/mol. The summed E-state index contributed by atoms with van der Waals surface area (Å²) in [6.07, 6.45) is 1.76. The largest absolute Gasteiger partial charge is 0.478 e. The zero-order valence-electron chi connectivity index (χ0n) is 11.0. The van der Waals surface area contributed by atoms with Gasteiger partial charge in [0, 0.05) is 6.54 Å². The van der Waals surface area contributed by atoms with E-state index in [4.69, 9.17) is 5.11 Å². The fraction of sp³-hybridized carbons (Fsp3) is 0.462. The molecular weight excluding hydrogens is 254 g/mol. The third kappa shape index (κ3) is 4.48. The highest BCUT2D eigenvalue weighted by atomic mass is 19.2. The van der Waals surface area contributed by atoms with Gasteiger partial charge in [-0.05, 0) is 45.6 Å². The van der Waals surface area contributed by atoms with E-state index in [9.17, 15) is 13.6 Å². The molecule has 0 saturated heterocycles. The summed E-state index contributed by atoms with van der Waals surface area (Å²) in [6, 6.07) is 2.30. The smallest absolute Gasteiger partial charge is 0.338 e. The van der Waals surface area contributed by atoms with E-state index in [1.54, 1.807) is 0 Å². The van der Waals surface area contributed by atoms with Crippen LogP contribution in [0.2, 0.25) is 0 Å². The molecule has 0 aliphatic rings. The molecule has 0 radical (unpaired) electrons. The summed E-state index contributed by atoms with van der Waals surface area (Å²) < 4.78 is 26.9. The Morgan fingerprint density at radius 1 is 1.26 bits per heavy atom. The third-order valence-corrected chi connectivity index (χ3v) is 2.66. The number of carboxylic acid groups (broad SMARTS) is 1. The summed E-state index contributed by atoms with van der Waals surface area (Å²) in [5.41, 5.74) is -0.664. The summed E-state index contributed by atoms with van der Waals surface area (Å²) in [5, 5.41) is 11.4. The maximum absolute atomic E-state index is 13.6. The zero-order chi connectivity index (χ0) is 14.4. The number of nitrogens with zero attached hydrogens (tertiary/aromatic N) is 1. The number of benzene rings is 1. The van der Waals surface area contributed by atoms with E-state index in [0.29, 0.717) is 6.54 Å². The van der Waals surface area contributed by atoms with Gasteiger partial charge < -0.3 is 15.3 Å². The van der Waals surface area contributed by atoms with Crippen molar-refractivity contribution in [2.75, 3.05) is 32.5 Å². The van der Waals surface area contributed by atoms with Gasteiger partial charge in [0.05, 0.1) is 11.3 Å². The molecule has 0 aliphatic heterocycles. The van der Waals surface area contributed by atoms with E-state index in [-0.39, 0.29) is 5.69 Å². The van der Waals surface area contributed by atoms with Crippen molar-refractivity contribution in [2.45, 2.75) is 12.8 Å². The monoisotopic (exact) mass is 272 g/mol. The molecule has 0 heterocycles. The fourth-order valence-corrected chi connectivity index (χ4v) is 1.63. The van der Waals surface area contributed by atoms with Crippen LogP contribution in [0.4, 0.5) is 14.5 Å². The maximum atomic E-state index is 13.6. The molecule has 19 heavy (non-hydrogen) atoms. The zero-order valence-corrected chi connectivity index (χ0v) is 11.0. The van der Waals surface area contributed by atoms with Gasteiger partial charge in [-0.1, -0.05) is 0 Å². The van der Waals surface area contributed by atoms with Gasteiger partial charge >= 0.3 is 5.97 Å². The normalized spacial score (nSPS) is 10.8. The van der Waals surface area contributed by atoms with E-state index in [2.05, 4.69) is 5.32 Å². The Morgan fingerprint density at radius 2 is 1.95 bits per heavy atom. The Hall–Kier alpha value is -1.69. The summed E-state index contributed by atoms with van der Waals surface area (Å²) in [5.74, 6) is -3.95. The highest BCUT2D eigenvalue weighted by Crippen LogP contribution is 2.20. The van der Waals surface area contributed by atoms with Crippen molar-refractivity contribution in [3.8, 4) is 0 Å². The lowest BCUT2D eigenvalue weighted by Gasteiger charge is -2.11. The van der Waals surface area contributed by atoms with Gasteiger partial charge in [-0.15, -0.1) is 0 Å². The standard InChI is InChI=1S/C13H18F2N2O2/c1-17(2)8-4-3-7-16-10-6-5-9(13(18)19)11(14)12(10)15/h5-6,16H,3-4,7-8H2,1-2H3,(H,18,19).